The maximum atomic E-state index is 12.0. The van der Waals surface area contributed by atoms with E-state index >= 15 is 0 Å². The number of rotatable bonds is 2. The van der Waals surface area contributed by atoms with Crippen LogP contribution in [0.4, 0.5) is 5.82 Å². The van der Waals surface area contributed by atoms with Crippen molar-refractivity contribution in [2.75, 3.05) is 18.5 Å². The highest BCUT2D eigenvalue weighted by atomic mass is 16.2. The quantitative estimate of drug-likeness (QED) is 0.752. The summed E-state index contributed by atoms with van der Waals surface area (Å²) in [4.78, 5) is 13.7. The Morgan fingerprint density at radius 1 is 1.60 bits per heavy atom. The van der Waals surface area contributed by atoms with Crippen LogP contribution in [0.2, 0.25) is 0 Å². The summed E-state index contributed by atoms with van der Waals surface area (Å²) in [7, 11) is 3.68. The van der Waals surface area contributed by atoms with Gasteiger partial charge in [0.05, 0.1) is 6.04 Å². The highest BCUT2D eigenvalue weighted by Crippen LogP contribution is 2.18. The highest BCUT2D eigenvalue weighted by molar-refractivity contribution is 5.97. The molecule has 5 nitrogen and oxygen atoms in total. The van der Waals surface area contributed by atoms with Crippen molar-refractivity contribution in [2.24, 2.45) is 7.05 Å². The van der Waals surface area contributed by atoms with Gasteiger partial charge in [0.25, 0.3) is 0 Å². The van der Waals surface area contributed by atoms with E-state index in [4.69, 9.17) is 0 Å². The Hall–Kier alpha value is -1.36. The number of piperidine rings is 1. The van der Waals surface area contributed by atoms with Gasteiger partial charge in [0, 0.05) is 25.9 Å². The molecule has 0 bridgehead atoms. The summed E-state index contributed by atoms with van der Waals surface area (Å²) in [5.74, 6) is 0.880. The molecule has 1 N–H and O–H groups in total. The fourth-order valence-electron chi connectivity index (χ4n) is 1.92. The monoisotopic (exact) mass is 208 g/mol. The molecule has 0 spiro atoms. The van der Waals surface area contributed by atoms with Crippen molar-refractivity contribution >= 4 is 11.7 Å². The molecule has 1 aromatic rings. The molecule has 1 fully saturated rings. The third kappa shape index (κ3) is 1.87. The van der Waals surface area contributed by atoms with Gasteiger partial charge < -0.3 is 5.32 Å². The van der Waals surface area contributed by atoms with E-state index in [1.165, 1.54) is 0 Å². The van der Waals surface area contributed by atoms with Crippen LogP contribution in [0.25, 0.3) is 0 Å². The molecule has 0 saturated carbocycles. The molecule has 2 heterocycles. The smallest absolute Gasteiger partial charge is 0.245 e. The molecule has 1 aliphatic rings. The van der Waals surface area contributed by atoms with Crippen molar-refractivity contribution in [1.29, 1.82) is 0 Å². The zero-order chi connectivity index (χ0) is 10.8. The molecular formula is C10H16N4O. The second-order valence-electron chi connectivity index (χ2n) is 3.82. The molecule has 0 aliphatic carbocycles. The molecule has 15 heavy (non-hydrogen) atoms. The minimum absolute atomic E-state index is 0.0549. The van der Waals surface area contributed by atoms with Gasteiger partial charge in [-0.25, -0.2) is 0 Å². The number of nitrogens with one attached hydrogen (secondary N) is 1. The summed E-state index contributed by atoms with van der Waals surface area (Å²) in [6, 6.07) is 1.82. The minimum Gasteiger partial charge on any atom is -0.309 e. The predicted molar refractivity (Wildman–Crippen MR) is 57.6 cm³/mol. The number of carbonyl (C=O) groups excluding carboxylic acids is 1. The van der Waals surface area contributed by atoms with Gasteiger partial charge in [0.1, 0.15) is 0 Å². The second-order valence-corrected chi connectivity index (χ2v) is 3.82. The second kappa shape index (κ2) is 4.02. The zero-order valence-electron chi connectivity index (χ0n) is 9.10. The third-order valence-corrected chi connectivity index (χ3v) is 2.76. The molecule has 1 atom stereocenters. The predicted octanol–water partition coefficient (Wildman–Crippen LogP) is 0.135. The number of likely N-dealkylation sites (N-methyl/N-ethyl adjacent to an activating group) is 1. The third-order valence-electron chi connectivity index (χ3n) is 2.76. The Morgan fingerprint density at radius 2 is 2.40 bits per heavy atom. The lowest BCUT2D eigenvalue weighted by atomic mass is 10.1. The van der Waals surface area contributed by atoms with Gasteiger partial charge >= 0.3 is 0 Å². The molecule has 0 radical (unpaired) electrons. The molecule has 1 saturated heterocycles. The lowest BCUT2D eigenvalue weighted by Gasteiger charge is -2.30. The number of hydrogen-bond acceptors (Lipinski definition) is 3. The van der Waals surface area contributed by atoms with Crippen molar-refractivity contribution in [1.82, 2.24) is 15.1 Å². The Balaban J connectivity index is 2.18. The van der Waals surface area contributed by atoms with Crippen LogP contribution in [0.3, 0.4) is 0 Å². The van der Waals surface area contributed by atoms with Crippen LogP contribution in [0, 0.1) is 0 Å². The first kappa shape index (κ1) is 10.2. The van der Waals surface area contributed by atoms with Crippen LogP contribution in [-0.4, -0.2) is 35.3 Å². The van der Waals surface area contributed by atoms with Gasteiger partial charge in [-0.1, -0.05) is 0 Å². The van der Waals surface area contributed by atoms with Crippen LogP contribution >= 0.6 is 0 Å². The number of aryl methyl sites for hydroxylation is 1. The van der Waals surface area contributed by atoms with Gasteiger partial charge in [0.2, 0.25) is 5.91 Å². The van der Waals surface area contributed by atoms with Crippen molar-refractivity contribution in [2.45, 2.75) is 18.9 Å². The molecule has 82 valence electrons. The van der Waals surface area contributed by atoms with Crippen molar-refractivity contribution < 1.29 is 4.79 Å². The van der Waals surface area contributed by atoms with Crippen molar-refractivity contribution in [3.05, 3.63) is 12.3 Å². The van der Waals surface area contributed by atoms with E-state index in [0.29, 0.717) is 0 Å². The molecule has 1 aromatic heterocycles. The van der Waals surface area contributed by atoms with Crippen molar-refractivity contribution in [3.63, 3.8) is 0 Å². The van der Waals surface area contributed by atoms with Gasteiger partial charge in [-0.2, -0.15) is 5.10 Å². The van der Waals surface area contributed by atoms with Crippen LogP contribution < -0.4 is 10.2 Å². The number of nitrogens with zero attached hydrogens (tertiary/aromatic N) is 3. The van der Waals surface area contributed by atoms with Gasteiger partial charge in [-0.05, 0) is 19.9 Å². The standard InChI is InChI=1S/C10H16N4O/c1-11-8-4-3-6-14(10(8)15)9-5-7-13(2)12-9/h5,7-8,11H,3-4,6H2,1-2H3. The molecule has 2 rings (SSSR count). The van der Waals surface area contributed by atoms with E-state index in [0.717, 1.165) is 25.2 Å². The van der Waals surface area contributed by atoms with Crippen LogP contribution in [-0.2, 0) is 11.8 Å². The summed E-state index contributed by atoms with van der Waals surface area (Å²) in [5, 5.41) is 7.28. The average Bonchev–Trinajstić information content (AvgIpc) is 2.65. The van der Waals surface area contributed by atoms with Gasteiger partial charge in [-0.15, -0.1) is 0 Å². The molecule has 5 heteroatoms. The summed E-state index contributed by atoms with van der Waals surface area (Å²) >= 11 is 0. The average molecular weight is 208 g/mol. The number of aromatic nitrogens is 2. The summed E-state index contributed by atoms with van der Waals surface area (Å²) in [5.41, 5.74) is 0. The topological polar surface area (TPSA) is 50.2 Å². The largest absolute Gasteiger partial charge is 0.309 e. The van der Waals surface area contributed by atoms with E-state index < -0.39 is 0 Å². The summed E-state index contributed by atoms with van der Waals surface area (Å²) in [6.45, 7) is 0.772. The highest BCUT2D eigenvalue weighted by Gasteiger charge is 2.29. The molecule has 1 unspecified atom stereocenters. The zero-order valence-corrected chi connectivity index (χ0v) is 9.10. The summed E-state index contributed by atoms with van der Waals surface area (Å²) in [6.07, 6.45) is 3.79. The first-order valence-corrected chi connectivity index (χ1v) is 5.20. The molecular weight excluding hydrogens is 192 g/mol. The van der Waals surface area contributed by atoms with E-state index in [9.17, 15) is 4.79 Å². The van der Waals surface area contributed by atoms with E-state index in [-0.39, 0.29) is 11.9 Å². The fraction of sp³-hybridized carbons (Fsp3) is 0.600. The molecule has 1 aliphatic heterocycles. The number of amides is 1. The lowest BCUT2D eigenvalue weighted by molar-refractivity contribution is -0.121. The first-order valence-electron chi connectivity index (χ1n) is 5.20. The summed E-state index contributed by atoms with van der Waals surface area (Å²) < 4.78 is 1.71. The van der Waals surface area contributed by atoms with Crippen molar-refractivity contribution in [3.8, 4) is 0 Å². The normalized spacial score (nSPS) is 22.1. The number of hydrogen-bond donors (Lipinski definition) is 1. The lowest BCUT2D eigenvalue weighted by Crippen LogP contribution is -2.50. The maximum Gasteiger partial charge on any atom is 0.245 e. The minimum atomic E-state index is -0.0549. The van der Waals surface area contributed by atoms with Crippen LogP contribution in [0.1, 0.15) is 12.8 Å². The van der Waals surface area contributed by atoms with E-state index in [2.05, 4.69) is 10.4 Å². The van der Waals surface area contributed by atoms with Gasteiger partial charge in [-0.3, -0.25) is 14.4 Å². The number of anilines is 1. The maximum absolute atomic E-state index is 12.0. The van der Waals surface area contributed by atoms with Gasteiger partial charge in [0.15, 0.2) is 5.82 Å². The Morgan fingerprint density at radius 3 is 3.00 bits per heavy atom. The van der Waals surface area contributed by atoms with E-state index in [1.54, 1.807) is 9.58 Å². The first-order chi connectivity index (χ1) is 7.22. The fourth-order valence-corrected chi connectivity index (χ4v) is 1.92. The SMILES string of the molecule is CNC1CCCN(c2ccn(C)n2)C1=O. The molecule has 0 aromatic carbocycles. The molecule has 1 amide bonds. The Bertz CT molecular complexity index is 360. The Kier molecular flexibility index (Phi) is 2.73. The number of carbonyl (C=O) groups is 1. The van der Waals surface area contributed by atoms with Crippen LogP contribution in [0.15, 0.2) is 12.3 Å². The van der Waals surface area contributed by atoms with E-state index in [1.807, 2.05) is 26.4 Å². The van der Waals surface area contributed by atoms with Crippen LogP contribution in [0.5, 0.6) is 0 Å². The Labute approximate surface area is 89.1 Å².